The molecule has 0 aliphatic carbocycles. The Kier molecular flexibility index (Phi) is 5.67. The number of guanidine groups is 1. The minimum Gasteiger partial charge on any atom is -0.379 e. The first kappa shape index (κ1) is 17.2. The van der Waals surface area contributed by atoms with E-state index in [4.69, 9.17) is 4.74 Å². The zero-order valence-corrected chi connectivity index (χ0v) is 14.3. The molecular weight excluding hydrogens is 330 g/mol. The number of nitrogens with one attached hydrogen (secondary N) is 2. The molecule has 1 fully saturated rings. The van der Waals surface area contributed by atoms with Crippen molar-refractivity contribution in [1.29, 1.82) is 0 Å². The third kappa shape index (κ3) is 4.67. The first-order chi connectivity index (χ1) is 11.6. The Labute approximate surface area is 142 Å². The number of aliphatic imine (C=N–C) groups is 1. The lowest BCUT2D eigenvalue weighted by Gasteiger charge is -2.31. The van der Waals surface area contributed by atoms with Crippen LogP contribution in [0.5, 0.6) is 0 Å². The minimum atomic E-state index is -3.59. The summed E-state index contributed by atoms with van der Waals surface area (Å²) in [7, 11) is -3.59. The highest BCUT2D eigenvalue weighted by Gasteiger charge is 2.19. The Bertz CT molecular complexity index is 659. The van der Waals surface area contributed by atoms with Gasteiger partial charge in [-0.05, 0) is 12.1 Å². The predicted octanol–water partition coefficient (Wildman–Crippen LogP) is -0.527. The van der Waals surface area contributed by atoms with E-state index in [1.807, 2.05) is 0 Å². The summed E-state index contributed by atoms with van der Waals surface area (Å²) < 4.78 is 32.3. The molecule has 1 saturated heterocycles. The van der Waals surface area contributed by atoms with E-state index in [-0.39, 0.29) is 4.90 Å². The number of benzene rings is 1. The van der Waals surface area contributed by atoms with Gasteiger partial charge in [-0.25, -0.2) is 18.1 Å². The van der Waals surface area contributed by atoms with Crippen molar-refractivity contribution in [2.24, 2.45) is 4.99 Å². The standard InChI is InChI=1S/C15H23N5O3S/c21-24(22,14-4-2-1-3-5-14)18-15-16-12-20(13-17-15)7-6-19-8-10-23-11-9-19/h1-5H,6-13H2,(H2,16,17,18). The normalized spacial score (nSPS) is 20.2. The summed E-state index contributed by atoms with van der Waals surface area (Å²) in [6, 6.07) is 8.28. The molecule has 9 heteroatoms. The summed E-state index contributed by atoms with van der Waals surface area (Å²) in [6.45, 7) is 6.41. The van der Waals surface area contributed by atoms with Gasteiger partial charge < -0.3 is 10.1 Å². The van der Waals surface area contributed by atoms with Crippen LogP contribution in [0.1, 0.15) is 0 Å². The summed E-state index contributed by atoms with van der Waals surface area (Å²) in [5.41, 5.74) is 0. The highest BCUT2D eigenvalue weighted by molar-refractivity contribution is 7.90. The number of hydrogen-bond acceptors (Lipinski definition) is 7. The van der Waals surface area contributed by atoms with Crippen LogP contribution in [0.3, 0.4) is 0 Å². The molecule has 24 heavy (non-hydrogen) atoms. The Balaban J connectivity index is 1.48. The number of sulfonamides is 1. The second-order valence-electron chi connectivity index (χ2n) is 5.75. The van der Waals surface area contributed by atoms with Gasteiger partial charge in [0.15, 0.2) is 0 Å². The molecule has 1 aromatic carbocycles. The van der Waals surface area contributed by atoms with Gasteiger partial charge in [0.1, 0.15) is 0 Å². The van der Waals surface area contributed by atoms with E-state index in [1.54, 1.807) is 30.3 Å². The molecule has 1 aromatic rings. The van der Waals surface area contributed by atoms with E-state index in [0.717, 1.165) is 39.4 Å². The van der Waals surface area contributed by atoms with Crippen molar-refractivity contribution in [1.82, 2.24) is 19.8 Å². The average Bonchev–Trinajstić information content (AvgIpc) is 2.62. The summed E-state index contributed by atoms with van der Waals surface area (Å²) in [6.07, 6.45) is 0. The molecule has 0 saturated carbocycles. The van der Waals surface area contributed by atoms with Crippen LogP contribution in [-0.4, -0.2) is 76.9 Å². The summed E-state index contributed by atoms with van der Waals surface area (Å²) in [5, 5.41) is 3.03. The molecule has 0 aromatic heterocycles. The molecule has 0 amide bonds. The lowest BCUT2D eigenvalue weighted by molar-refractivity contribution is 0.0331. The van der Waals surface area contributed by atoms with Crippen molar-refractivity contribution in [3.05, 3.63) is 30.3 Å². The number of ether oxygens (including phenoxy) is 1. The van der Waals surface area contributed by atoms with Gasteiger partial charge in [0.25, 0.3) is 10.0 Å². The molecule has 2 aliphatic rings. The molecule has 0 atom stereocenters. The number of nitrogens with zero attached hydrogens (tertiary/aromatic N) is 3. The zero-order chi connectivity index (χ0) is 16.8. The van der Waals surface area contributed by atoms with Gasteiger partial charge in [-0.3, -0.25) is 9.80 Å². The number of morpholine rings is 1. The molecule has 2 aliphatic heterocycles. The van der Waals surface area contributed by atoms with Gasteiger partial charge >= 0.3 is 0 Å². The maximum absolute atomic E-state index is 12.3. The van der Waals surface area contributed by atoms with Crippen LogP contribution in [0.4, 0.5) is 0 Å². The fourth-order valence-electron chi connectivity index (χ4n) is 2.57. The van der Waals surface area contributed by atoms with Crippen molar-refractivity contribution in [3.8, 4) is 0 Å². The third-order valence-corrected chi connectivity index (χ3v) is 5.37. The first-order valence-corrected chi connectivity index (χ1v) is 9.50. The van der Waals surface area contributed by atoms with Crippen molar-refractivity contribution in [2.45, 2.75) is 4.90 Å². The molecule has 2 heterocycles. The van der Waals surface area contributed by atoms with Crippen LogP contribution in [0.25, 0.3) is 0 Å². The third-order valence-electron chi connectivity index (χ3n) is 4.02. The van der Waals surface area contributed by atoms with Gasteiger partial charge in [0.05, 0.1) is 31.4 Å². The van der Waals surface area contributed by atoms with Crippen molar-refractivity contribution in [3.63, 3.8) is 0 Å². The summed E-state index contributed by atoms with van der Waals surface area (Å²) in [4.78, 5) is 9.01. The van der Waals surface area contributed by atoms with Gasteiger partial charge in [0, 0.05) is 26.2 Å². The van der Waals surface area contributed by atoms with Gasteiger partial charge in [-0.1, -0.05) is 18.2 Å². The number of rotatable bonds is 5. The largest absolute Gasteiger partial charge is 0.379 e. The van der Waals surface area contributed by atoms with Crippen LogP contribution in [-0.2, 0) is 14.8 Å². The predicted molar refractivity (Wildman–Crippen MR) is 91.0 cm³/mol. The number of hydrogen-bond donors (Lipinski definition) is 2. The molecule has 2 N–H and O–H groups in total. The monoisotopic (exact) mass is 353 g/mol. The molecule has 3 rings (SSSR count). The summed E-state index contributed by atoms with van der Waals surface area (Å²) in [5.74, 6) is 0.293. The van der Waals surface area contributed by atoms with Crippen LogP contribution >= 0.6 is 0 Å². The molecule has 0 unspecified atom stereocenters. The Morgan fingerprint density at radius 1 is 1.12 bits per heavy atom. The van der Waals surface area contributed by atoms with Gasteiger partial charge in [0.2, 0.25) is 5.96 Å². The van der Waals surface area contributed by atoms with E-state index < -0.39 is 10.0 Å². The maximum atomic E-state index is 12.3. The SMILES string of the molecule is O=S(=O)(NC1=NCN(CCN2CCOCC2)CN1)c1ccccc1. The smallest absolute Gasteiger partial charge is 0.264 e. The Morgan fingerprint density at radius 2 is 1.83 bits per heavy atom. The van der Waals surface area contributed by atoms with E-state index >= 15 is 0 Å². The van der Waals surface area contributed by atoms with Gasteiger partial charge in [-0.15, -0.1) is 0 Å². The fourth-order valence-corrected chi connectivity index (χ4v) is 3.60. The molecule has 0 bridgehead atoms. The summed E-state index contributed by atoms with van der Waals surface area (Å²) >= 11 is 0. The molecule has 0 radical (unpaired) electrons. The van der Waals surface area contributed by atoms with Crippen LogP contribution < -0.4 is 10.0 Å². The lowest BCUT2D eigenvalue weighted by Crippen LogP contribution is -2.51. The van der Waals surface area contributed by atoms with Crippen LogP contribution in [0.2, 0.25) is 0 Å². The van der Waals surface area contributed by atoms with E-state index in [1.165, 1.54) is 0 Å². The second kappa shape index (κ2) is 7.93. The molecule has 8 nitrogen and oxygen atoms in total. The Hall–Kier alpha value is -1.68. The first-order valence-electron chi connectivity index (χ1n) is 8.02. The van der Waals surface area contributed by atoms with Crippen molar-refractivity contribution >= 4 is 16.0 Å². The van der Waals surface area contributed by atoms with E-state index in [2.05, 4.69) is 24.8 Å². The minimum absolute atomic E-state index is 0.226. The van der Waals surface area contributed by atoms with Crippen molar-refractivity contribution in [2.75, 3.05) is 52.7 Å². The van der Waals surface area contributed by atoms with Crippen molar-refractivity contribution < 1.29 is 13.2 Å². The van der Waals surface area contributed by atoms with E-state index in [9.17, 15) is 8.42 Å². The second-order valence-corrected chi connectivity index (χ2v) is 7.43. The Morgan fingerprint density at radius 3 is 2.50 bits per heavy atom. The molecular formula is C15H23N5O3S. The fraction of sp³-hybridized carbons (Fsp3) is 0.533. The molecule has 132 valence electrons. The highest BCUT2D eigenvalue weighted by Crippen LogP contribution is 2.07. The zero-order valence-electron chi connectivity index (χ0n) is 13.5. The lowest BCUT2D eigenvalue weighted by atomic mass is 10.4. The average molecular weight is 353 g/mol. The van der Waals surface area contributed by atoms with Gasteiger partial charge in [-0.2, -0.15) is 0 Å². The van der Waals surface area contributed by atoms with Crippen LogP contribution in [0, 0.1) is 0 Å². The quantitative estimate of drug-likeness (QED) is 0.740. The highest BCUT2D eigenvalue weighted by atomic mass is 32.2. The van der Waals surface area contributed by atoms with E-state index in [0.29, 0.717) is 19.3 Å². The topological polar surface area (TPSA) is 86.3 Å². The maximum Gasteiger partial charge on any atom is 0.264 e. The molecule has 0 spiro atoms. The van der Waals surface area contributed by atoms with Crippen LogP contribution in [0.15, 0.2) is 40.2 Å².